The van der Waals surface area contributed by atoms with E-state index in [1.807, 2.05) is 38.1 Å². The number of hydrogen-bond acceptors (Lipinski definition) is 5. The zero-order valence-corrected chi connectivity index (χ0v) is 24.2. The third-order valence-corrected chi connectivity index (χ3v) is 6.64. The van der Waals surface area contributed by atoms with E-state index in [-0.39, 0.29) is 23.8 Å². The van der Waals surface area contributed by atoms with Crippen molar-refractivity contribution in [2.45, 2.75) is 71.9 Å². The number of hydrogen-bond donors (Lipinski definition) is 0. The van der Waals surface area contributed by atoms with Gasteiger partial charge in [0, 0.05) is 0 Å². The van der Waals surface area contributed by atoms with Crippen LogP contribution in [0.15, 0.2) is 66.7 Å². The fraction of sp³-hybridized carbons (Fsp3) is 0.375. The number of carbonyl (C=O) groups is 2. The lowest BCUT2D eigenvalue weighted by molar-refractivity contribution is -0.274. The van der Waals surface area contributed by atoms with Gasteiger partial charge in [-0.1, -0.05) is 77.1 Å². The van der Waals surface area contributed by atoms with Crippen molar-refractivity contribution in [1.29, 1.82) is 0 Å². The summed E-state index contributed by atoms with van der Waals surface area (Å²) < 4.78 is 52.9. The summed E-state index contributed by atoms with van der Waals surface area (Å²) in [4.78, 5) is 27.2. The van der Waals surface area contributed by atoms with Crippen LogP contribution < -0.4 is 14.4 Å². The monoisotopic (exact) mass is 571 g/mol. The first-order valence-corrected chi connectivity index (χ1v) is 13.4. The quantitative estimate of drug-likeness (QED) is 0.194. The molecular formula is C32H36F3NO5. The summed E-state index contributed by atoms with van der Waals surface area (Å²) in [6.45, 7) is 10.3. The maximum Gasteiger partial charge on any atom is 0.573 e. The van der Waals surface area contributed by atoms with Crippen molar-refractivity contribution < 1.29 is 37.0 Å². The number of amides is 1. The lowest BCUT2D eigenvalue weighted by Crippen LogP contribution is -2.37. The second kappa shape index (κ2) is 13.1. The molecule has 41 heavy (non-hydrogen) atoms. The lowest BCUT2D eigenvalue weighted by atomic mass is 9.87. The second-order valence-corrected chi connectivity index (χ2v) is 10.6. The Morgan fingerprint density at radius 3 is 1.95 bits per heavy atom. The number of esters is 1. The third kappa shape index (κ3) is 8.49. The van der Waals surface area contributed by atoms with E-state index in [9.17, 15) is 22.8 Å². The van der Waals surface area contributed by atoms with E-state index in [1.165, 1.54) is 29.2 Å². The van der Waals surface area contributed by atoms with Crippen LogP contribution in [0.1, 0.15) is 58.6 Å². The van der Waals surface area contributed by atoms with Crippen molar-refractivity contribution >= 4 is 17.6 Å². The van der Waals surface area contributed by atoms with Gasteiger partial charge in [0.25, 0.3) is 0 Å². The predicted octanol–water partition coefficient (Wildman–Crippen LogP) is 7.82. The highest BCUT2D eigenvalue weighted by atomic mass is 19.4. The van der Waals surface area contributed by atoms with Gasteiger partial charge in [0.05, 0.1) is 25.4 Å². The second-order valence-electron chi connectivity index (χ2n) is 10.6. The number of carbonyl (C=O) groups excluding carboxylic acids is 2. The van der Waals surface area contributed by atoms with Crippen molar-refractivity contribution in [2.24, 2.45) is 0 Å². The van der Waals surface area contributed by atoms with Gasteiger partial charge in [0.2, 0.25) is 0 Å². The minimum absolute atomic E-state index is 0.0550. The topological polar surface area (TPSA) is 65.1 Å². The molecule has 0 heterocycles. The number of ether oxygens (including phenoxy) is 3. The molecule has 0 bridgehead atoms. The molecule has 3 aromatic rings. The van der Waals surface area contributed by atoms with E-state index in [0.29, 0.717) is 22.6 Å². The first kappa shape index (κ1) is 31.5. The minimum atomic E-state index is -4.80. The van der Waals surface area contributed by atoms with Gasteiger partial charge in [0.15, 0.2) is 0 Å². The zero-order chi connectivity index (χ0) is 30.4. The molecular weight excluding hydrogens is 535 g/mol. The van der Waals surface area contributed by atoms with Crippen molar-refractivity contribution in [3.63, 3.8) is 0 Å². The largest absolute Gasteiger partial charge is 0.573 e. The normalized spacial score (nSPS) is 11.8. The van der Waals surface area contributed by atoms with Crippen molar-refractivity contribution in [3.05, 3.63) is 77.9 Å². The van der Waals surface area contributed by atoms with Gasteiger partial charge >= 0.3 is 18.2 Å². The minimum Gasteiger partial charge on any atom is -0.488 e. The molecule has 0 fully saturated rings. The highest BCUT2D eigenvalue weighted by Crippen LogP contribution is 2.37. The molecule has 0 aliphatic rings. The molecule has 0 radical (unpaired) electrons. The summed E-state index contributed by atoms with van der Waals surface area (Å²) in [5, 5.41) is 0. The Balaban J connectivity index is 2.11. The summed E-state index contributed by atoms with van der Waals surface area (Å²) in [5.41, 5.74) is 3.34. The van der Waals surface area contributed by atoms with Crippen LogP contribution in [0, 0.1) is 0 Å². The summed E-state index contributed by atoms with van der Waals surface area (Å²) >= 11 is 0. The van der Waals surface area contributed by atoms with Crippen LogP contribution in [-0.4, -0.2) is 31.5 Å². The standard InChI is InChI=1S/C32H36F3NO5/c1-7-25(8-2)40-28-18-13-23(22-11-16-26(17-12-22)41-32(33,34)35)19-27(28)36(29(37)30(38)39-6)20-21-9-14-24(15-10-21)31(3,4)5/h9-19,25H,7-8,20H2,1-6H3. The van der Waals surface area contributed by atoms with E-state index in [0.717, 1.165) is 31.1 Å². The molecule has 0 saturated heterocycles. The molecule has 0 unspecified atom stereocenters. The molecule has 220 valence electrons. The number of halogens is 3. The van der Waals surface area contributed by atoms with Gasteiger partial charge in [-0.05, 0) is 64.8 Å². The van der Waals surface area contributed by atoms with Crippen LogP contribution in [0.5, 0.6) is 11.5 Å². The smallest absolute Gasteiger partial charge is 0.488 e. The molecule has 0 atom stereocenters. The predicted molar refractivity (Wildman–Crippen MR) is 152 cm³/mol. The van der Waals surface area contributed by atoms with Crippen molar-refractivity contribution in [1.82, 2.24) is 0 Å². The Kier molecular flexibility index (Phi) is 10.1. The average molecular weight is 572 g/mol. The molecule has 9 heteroatoms. The summed E-state index contributed by atoms with van der Waals surface area (Å²) in [7, 11) is 1.14. The van der Waals surface area contributed by atoms with E-state index in [2.05, 4.69) is 25.5 Å². The molecule has 3 aromatic carbocycles. The molecule has 3 rings (SSSR count). The van der Waals surface area contributed by atoms with Gasteiger partial charge < -0.3 is 14.2 Å². The fourth-order valence-corrected chi connectivity index (χ4v) is 4.25. The van der Waals surface area contributed by atoms with E-state index < -0.39 is 18.2 Å². The maximum atomic E-state index is 13.4. The zero-order valence-electron chi connectivity index (χ0n) is 24.2. The van der Waals surface area contributed by atoms with Gasteiger partial charge in [-0.3, -0.25) is 9.69 Å². The van der Waals surface area contributed by atoms with E-state index in [1.54, 1.807) is 18.2 Å². The maximum absolute atomic E-state index is 13.4. The van der Waals surface area contributed by atoms with Crippen molar-refractivity contribution in [3.8, 4) is 22.6 Å². The lowest BCUT2D eigenvalue weighted by Gasteiger charge is -2.27. The highest BCUT2D eigenvalue weighted by molar-refractivity contribution is 6.38. The fourth-order valence-electron chi connectivity index (χ4n) is 4.25. The van der Waals surface area contributed by atoms with Crippen LogP contribution in [0.4, 0.5) is 18.9 Å². The molecule has 6 nitrogen and oxygen atoms in total. The highest BCUT2D eigenvalue weighted by Gasteiger charge is 2.31. The van der Waals surface area contributed by atoms with Gasteiger partial charge in [-0.25, -0.2) is 4.79 Å². The Bertz CT molecular complexity index is 1330. The third-order valence-electron chi connectivity index (χ3n) is 6.64. The van der Waals surface area contributed by atoms with Crippen LogP contribution in [0.3, 0.4) is 0 Å². The molecule has 0 spiro atoms. The Labute approximate surface area is 239 Å². The Hall–Kier alpha value is -4.01. The van der Waals surface area contributed by atoms with Crippen LogP contribution >= 0.6 is 0 Å². The molecule has 0 aliphatic heterocycles. The van der Waals surface area contributed by atoms with E-state index >= 15 is 0 Å². The Morgan fingerprint density at radius 2 is 1.44 bits per heavy atom. The molecule has 0 aliphatic carbocycles. The van der Waals surface area contributed by atoms with Crippen LogP contribution in [-0.2, 0) is 26.3 Å². The number of nitrogens with zero attached hydrogens (tertiary/aromatic N) is 1. The molecule has 0 aromatic heterocycles. The van der Waals surface area contributed by atoms with Crippen molar-refractivity contribution in [2.75, 3.05) is 12.0 Å². The SMILES string of the molecule is CCC(CC)Oc1ccc(-c2ccc(OC(F)(F)F)cc2)cc1N(Cc1ccc(C(C)(C)C)cc1)C(=O)C(=O)OC. The molecule has 0 saturated carbocycles. The van der Waals surface area contributed by atoms with Crippen LogP contribution in [0.25, 0.3) is 11.1 Å². The summed E-state index contributed by atoms with van der Waals surface area (Å²) in [6, 6.07) is 18.3. The van der Waals surface area contributed by atoms with Crippen LogP contribution in [0.2, 0.25) is 0 Å². The summed E-state index contributed by atoms with van der Waals surface area (Å²) in [6.07, 6.45) is -3.50. The van der Waals surface area contributed by atoms with E-state index in [4.69, 9.17) is 9.47 Å². The summed E-state index contributed by atoms with van der Waals surface area (Å²) in [5.74, 6) is -1.88. The first-order valence-electron chi connectivity index (χ1n) is 13.4. The molecule has 0 N–H and O–H groups in total. The number of alkyl halides is 3. The number of methoxy groups -OCH3 is 1. The number of rotatable bonds is 9. The number of anilines is 1. The van der Waals surface area contributed by atoms with Gasteiger partial charge in [-0.2, -0.15) is 0 Å². The first-order chi connectivity index (χ1) is 19.2. The van der Waals surface area contributed by atoms with Gasteiger partial charge in [-0.15, -0.1) is 13.2 Å². The van der Waals surface area contributed by atoms with Gasteiger partial charge in [0.1, 0.15) is 11.5 Å². The number of benzene rings is 3. The Morgan fingerprint density at radius 1 is 0.854 bits per heavy atom. The molecule has 1 amide bonds. The average Bonchev–Trinajstić information content (AvgIpc) is 2.93.